The molecule has 2 aliphatic rings. The zero-order valence-electron chi connectivity index (χ0n) is 11.5. The quantitative estimate of drug-likeness (QED) is 0.844. The highest BCUT2D eigenvalue weighted by Crippen LogP contribution is 2.36. The number of rotatable bonds is 1. The smallest absolute Gasteiger partial charge is 0.253 e. The summed E-state index contributed by atoms with van der Waals surface area (Å²) in [6, 6.07) is 9.34. The minimum absolute atomic E-state index is 0.0464. The normalized spacial score (nSPS) is 28.8. The van der Waals surface area contributed by atoms with Crippen molar-refractivity contribution in [3.63, 3.8) is 0 Å². The Kier molecular flexibility index (Phi) is 3.45. The number of fused-ring (bicyclic) bond motifs is 1. The highest BCUT2D eigenvalue weighted by Gasteiger charge is 2.38. The molecule has 1 aliphatic carbocycles. The monoisotopic (exact) mass is 269 g/mol. The number of carbonyl (C=O) groups excluding carboxylic acids is 1. The van der Waals surface area contributed by atoms with Crippen LogP contribution < -0.4 is 5.73 Å². The first-order valence-electron chi connectivity index (χ1n) is 7.22. The highest BCUT2D eigenvalue weighted by atomic mass is 16.2. The van der Waals surface area contributed by atoms with Crippen molar-refractivity contribution in [3.05, 3.63) is 35.4 Å². The molecule has 20 heavy (non-hydrogen) atoms. The molecule has 0 spiro atoms. The largest absolute Gasteiger partial charge is 0.338 e. The summed E-state index contributed by atoms with van der Waals surface area (Å²) in [4.78, 5) is 14.5. The molecule has 3 rings (SSSR count). The van der Waals surface area contributed by atoms with E-state index in [0.717, 1.165) is 32.4 Å². The standard InChI is InChI=1S/C16H19N3O/c17-8-11-2-1-3-12(6-11)16(20)19-9-13-4-5-15(18)7-14(13)10-19/h1-3,6,13-15H,4-5,7,9-10,18H2/t13-,14+,15?/m1/s1. The molecule has 1 aromatic rings. The number of hydrogen-bond acceptors (Lipinski definition) is 3. The van der Waals surface area contributed by atoms with Gasteiger partial charge in [-0.25, -0.2) is 0 Å². The molecule has 1 heterocycles. The molecule has 0 radical (unpaired) electrons. The lowest BCUT2D eigenvalue weighted by atomic mass is 9.79. The maximum Gasteiger partial charge on any atom is 0.253 e. The lowest BCUT2D eigenvalue weighted by Gasteiger charge is -2.27. The summed E-state index contributed by atoms with van der Waals surface area (Å²) in [5, 5.41) is 8.92. The molecular weight excluding hydrogens is 250 g/mol. The second-order valence-corrected chi connectivity index (χ2v) is 6.00. The van der Waals surface area contributed by atoms with Crippen molar-refractivity contribution in [2.45, 2.75) is 25.3 Å². The number of amides is 1. The van der Waals surface area contributed by atoms with Gasteiger partial charge in [-0.1, -0.05) is 6.07 Å². The van der Waals surface area contributed by atoms with E-state index in [9.17, 15) is 4.79 Å². The van der Waals surface area contributed by atoms with Crippen molar-refractivity contribution in [2.75, 3.05) is 13.1 Å². The van der Waals surface area contributed by atoms with Gasteiger partial charge in [0.2, 0.25) is 0 Å². The topological polar surface area (TPSA) is 70.1 Å². The first-order chi connectivity index (χ1) is 9.67. The van der Waals surface area contributed by atoms with Crippen LogP contribution in [0.1, 0.15) is 35.2 Å². The van der Waals surface area contributed by atoms with Crippen molar-refractivity contribution in [3.8, 4) is 6.07 Å². The molecule has 1 aromatic carbocycles. The highest BCUT2D eigenvalue weighted by molar-refractivity contribution is 5.94. The minimum atomic E-state index is 0.0464. The summed E-state index contributed by atoms with van der Waals surface area (Å²) >= 11 is 0. The average molecular weight is 269 g/mol. The molecule has 0 bridgehead atoms. The van der Waals surface area contributed by atoms with Gasteiger partial charge < -0.3 is 10.6 Å². The van der Waals surface area contributed by atoms with Crippen LogP contribution in [0.2, 0.25) is 0 Å². The van der Waals surface area contributed by atoms with E-state index in [2.05, 4.69) is 6.07 Å². The van der Waals surface area contributed by atoms with Crippen LogP contribution in [0.5, 0.6) is 0 Å². The molecule has 4 heteroatoms. The summed E-state index contributed by atoms with van der Waals surface area (Å²) in [5.74, 6) is 1.21. The number of benzene rings is 1. The van der Waals surface area contributed by atoms with Crippen LogP contribution in [0.25, 0.3) is 0 Å². The van der Waals surface area contributed by atoms with Crippen molar-refractivity contribution in [2.24, 2.45) is 17.6 Å². The van der Waals surface area contributed by atoms with E-state index in [1.165, 1.54) is 0 Å². The Morgan fingerprint density at radius 3 is 2.90 bits per heavy atom. The van der Waals surface area contributed by atoms with Gasteiger partial charge in [-0.15, -0.1) is 0 Å². The lowest BCUT2D eigenvalue weighted by Crippen LogP contribution is -2.32. The molecule has 3 atom stereocenters. The summed E-state index contributed by atoms with van der Waals surface area (Å²) < 4.78 is 0. The summed E-state index contributed by atoms with van der Waals surface area (Å²) in [5.41, 5.74) is 7.18. The Morgan fingerprint density at radius 2 is 2.10 bits per heavy atom. The summed E-state index contributed by atoms with van der Waals surface area (Å²) in [6.45, 7) is 1.65. The molecule has 1 saturated carbocycles. The number of carbonyl (C=O) groups is 1. The fraction of sp³-hybridized carbons (Fsp3) is 0.500. The second kappa shape index (κ2) is 5.26. The third-order valence-corrected chi connectivity index (χ3v) is 4.62. The fourth-order valence-electron chi connectivity index (χ4n) is 3.54. The van der Waals surface area contributed by atoms with Gasteiger partial charge in [0.05, 0.1) is 11.6 Å². The molecule has 1 unspecified atom stereocenters. The van der Waals surface area contributed by atoms with Gasteiger partial charge in [0.25, 0.3) is 5.91 Å². The number of nitriles is 1. The van der Waals surface area contributed by atoms with Gasteiger partial charge in [0.15, 0.2) is 0 Å². The van der Waals surface area contributed by atoms with Gasteiger partial charge in [0.1, 0.15) is 0 Å². The van der Waals surface area contributed by atoms with Gasteiger partial charge in [0, 0.05) is 24.7 Å². The molecule has 1 aliphatic heterocycles. The van der Waals surface area contributed by atoms with E-state index in [0.29, 0.717) is 29.0 Å². The van der Waals surface area contributed by atoms with Gasteiger partial charge in [-0.3, -0.25) is 4.79 Å². The Labute approximate surface area is 119 Å². The van der Waals surface area contributed by atoms with Gasteiger partial charge >= 0.3 is 0 Å². The maximum atomic E-state index is 12.5. The van der Waals surface area contributed by atoms with Crippen LogP contribution >= 0.6 is 0 Å². The first-order valence-corrected chi connectivity index (χ1v) is 7.22. The van der Waals surface area contributed by atoms with E-state index in [1.807, 2.05) is 4.90 Å². The molecule has 0 aromatic heterocycles. The first kappa shape index (κ1) is 13.1. The third kappa shape index (κ3) is 2.41. The molecule has 2 fully saturated rings. The van der Waals surface area contributed by atoms with E-state index in [-0.39, 0.29) is 5.91 Å². The third-order valence-electron chi connectivity index (χ3n) is 4.62. The van der Waals surface area contributed by atoms with Crippen LogP contribution in [0.15, 0.2) is 24.3 Å². The number of nitrogens with zero attached hydrogens (tertiary/aromatic N) is 2. The number of likely N-dealkylation sites (tertiary alicyclic amines) is 1. The molecule has 1 amide bonds. The Bertz CT molecular complexity index is 563. The predicted molar refractivity (Wildman–Crippen MR) is 75.9 cm³/mol. The zero-order valence-corrected chi connectivity index (χ0v) is 11.5. The molecule has 104 valence electrons. The van der Waals surface area contributed by atoms with Crippen LogP contribution in [-0.2, 0) is 0 Å². The maximum absolute atomic E-state index is 12.5. The van der Waals surface area contributed by atoms with E-state index in [1.54, 1.807) is 24.3 Å². The summed E-state index contributed by atoms with van der Waals surface area (Å²) in [7, 11) is 0. The average Bonchev–Trinajstić information content (AvgIpc) is 2.89. The lowest BCUT2D eigenvalue weighted by molar-refractivity contribution is 0.0784. The molecular formula is C16H19N3O. The van der Waals surface area contributed by atoms with E-state index < -0.39 is 0 Å². The van der Waals surface area contributed by atoms with Crippen molar-refractivity contribution in [1.29, 1.82) is 5.26 Å². The van der Waals surface area contributed by atoms with Crippen LogP contribution in [0.3, 0.4) is 0 Å². The van der Waals surface area contributed by atoms with Gasteiger partial charge in [-0.05, 0) is 49.3 Å². The van der Waals surface area contributed by atoms with Crippen LogP contribution in [0.4, 0.5) is 0 Å². The number of hydrogen-bond donors (Lipinski definition) is 1. The molecule has 1 saturated heterocycles. The van der Waals surface area contributed by atoms with E-state index in [4.69, 9.17) is 11.0 Å². The second-order valence-electron chi connectivity index (χ2n) is 6.00. The van der Waals surface area contributed by atoms with Gasteiger partial charge in [-0.2, -0.15) is 5.26 Å². The number of nitrogens with two attached hydrogens (primary N) is 1. The van der Waals surface area contributed by atoms with Crippen LogP contribution in [-0.4, -0.2) is 29.9 Å². The van der Waals surface area contributed by atoms with Crippen molar-refractivity contribution in [1.82, 2.24) is 4.90 Å². The van der Waals surface area contributed by atoms with Crippen molar-refractivity contribution >= 4 is 5.91 Å². The minimum Gasteiger partial charge on any atom is -0.338 e. The zero-order chi connectivity index (χ0) is 14.1. The summed E-state index contributed by atoms with van der Waals surface area (Å²) in [6.07, 6.45) is 3.24. The Hall–Kier alpha value is -1.86. The predicted octanol–water partition coefficient (Wildman–Crippen LogP) is 1.76. The van der Waals surface area contributed by atoms with Crippen molar-refractivity contribution < 1.29 is 4.79 Å². The Morgan fingerprint density at radius 1 is 1.30 bits per heavy atom. The molecule has 2 N–H and O–H groups in total. The van der Waals surface area contributed by atoms with E-state index >= 15 is 0 Å². The SMILES string of the molecule is N#Cc1cccc(C(=O)N2C[C@H]3CCC(N)C[C@H]3C2)c1. The Balaban J connectivity index is 1.74. The van der Waals surface area contributed by atoms with Crippen LogP contribution in [0, 0.1) is 23.2 Å². The molecule has 4 nitrogen and oxygen atoms in total. The fourth-order valence-corrected chi connectivity index (χ4v) is 3.54.